The van der Waals surface area contributed by atoms with Gasteiger partial charge in [0.1, 0.15) is 6.10 Å². The molecule has 1 aromatic rings. The van der Waals surface area contributed by atoms with E-state index >= 15 is 0 Å². The van der Waals surface area contributed by atoms with Gasteiger partial charge in [0, 0.05) is 6.54 Å². The van der Waals surface area contributed by atoms with E-state index in [4.69, 9.17) is 9.47 Å². The van der Waals surface area contributed by atoms with Gasteiger partial charge < -0.3 is 14.8 Å². The predicted octanol–water partition coefficient (Wildman–Crippen LogP) is 2.72. The van der Waals surface area contributed by atoms with E-state index < -0.39 is 0 Å². The molecule has 3 nitrogen and oxygen atoms in total. The molecule has 0 fully saturated rings. The average Bonchev–Trinajstić information content (AvgIpc) is 2.31. The Bertz CT molecular complexity index is 374. The number of hydrogen-bond acceptors (Lipinski definition) is 3. The molecule has 1 rings (SSSR count). The molecule has 0 spiro atoms. The normalized spacial score (nSPS) is 12.7. The minimum Gasteiger partial charge on any atom is -0.493 e. The van der Waals surface area contributed by atoms with Crippen molar-refractivity contribution in [3.63, 3.8) is 0 Å². The molecule has 1 N–H and O–H groups in total. The van der Waals surface area contributed by atoms with Crippen molar-refractivity contribution in [2.45, 2.75) is 20.0 Å². The lowest BCUT2D eigenvalue weighted by atomic mass is 10.2. The van der Waals surface area contributed by atoms with Crippen LogP contribution in [-0.2, 0) is 0 Å². The SMILES string of the molecule is CC=Cc1ccc(OC(C)CNC)c(OC)c1. The highest BCUT2D eigenvalue weighted by Gasteiger charge is 2.08. The fourth-order valence-electron chi connectivity index (χ4n) is 1.62. The number of allylic oxidation sites excluding steroid dienone is 1. The van der Waals surface area contributed by atoms with Crippen molar-refractivity contribution < 1.29 is 9.47 Å². The first kappa shape index (κ1) is 13.6. The molecule has 1 unspecified atom stereocenters. The van der Waals surface area contributed by atoms with Gasteiger partial charge in [-0.25, -0.2) is 0 Å². The van der Waals surface area contributed by atoms with Crippen LogP contribution in [0.5, 0.6) is 11.5 Å². The molecule has 0 heterocycles. The number of benzene rings is 1. The van der Waals surface area contributed by atoms with Crippen LogP contribution in [0.4, 0.5) is 0 Å². The Morgan fingerprint density at radius 2 is 2.12 bits per heavy atom. The number of methoxy groups -OCH3 is 1. The second-order valence-electron chi connectivity index (χ2n) is 3.90. The Morgan fingerprint density at radius 3 is 2.71 bits per heavy atom. The maximum atomic E-state index is 5.80. The highest BCUT2D eigenvalue weighted by molar-refractivity contribution is 5.55. The Morgan fingerprint density at radius 1 is 1.35 bits per heavy atom. The summed E-state index contributed by atoms with van der Waals surface area (Å²) >= 11 is 0. The minimum absolute atomic E-state index is 0.112. The lowest BCUT2D eigenvalue weighted by Crippen LogP contribution is -2.26. The van der Waals surface area contributed by atoms with E-state index in [2.05, 4.69) is 5.32 Å². The van der Waals surface area contributed by atoms with Gasteiger partial charge in [-0.05, 0) is 38.6 Å². The van der Waals surface area contributed by atoms with Crippen LogP contribution in [0.1, 0.15) is 19.4 Å². The van der Waals surface area contributed by atoms with Crippen molar-refractivity contribution in [2.24, 2.45) is 0 Å². The third-order valence-electron chi connectivity index (χ3n) is 2.37. The number of nitrogens with one attached hydrogen (secondary N) is 1. The number of likely N-dealkylation sites (N-methyl/N-ethyl adjacent to an activating group) is 1. The molecule has 0 aliphatic rings. The Kier molecular flexibility index (Phi) is 5.57. The standard InChI is InChI=1S/C14H21NO2/c1-5-6-12-7-8-13(14(9-12)16-4)17-11(2)10-15-3/h5-9,11,15H,10H2,1-4H3. The highest BCUT2D eigenvalue weighted by atomic mass is 16.5. The van der Waals surface area contributed by atoms with Crippen LogP contribution in [0.2, 0.25) is 0 Å². The molecule has 0 aliphatic heterocycles. The first-order valence-corrected chi connectivity index (χ1v) is 5.83. The fourth-order valence-corrected chi connectivity index (χ4v) is 1.62. The fraction of sp³-hybridized carbons (Fsp3) is 0.429. The van der Waals surface area contributed by atoms with Crippen molar-refractivity contribution in [2.75, 3.05) is 20.7 Å². The van der Waals surface area contributed by atoms with Crippen molar-refractivity contribution in [3.05, 3.63) is 29.8 Å². The third kappa shape index (κ3) is 4.11. The summed E-state index contributed by atoms with van der Waals surface area (Å²) in [4.78, 5) is 0. The molecule has 1 atom stereocenters. The van der Waals surface area contributed by atoms with Gasteiger partial charge in [-0.3, -0.25) is 0 Å². The maximum Gasteiger partial charge on any atom is 0.161 e. The van der Waals surface area contributed by atoms with Gasteiger partial charge in [-0.1, -0.05) is 18.2 Å². The van der Waals surface area contributed by atoms with Gasteiger partial charge in [0.25, 0.3) is 0 Å². The topological polar surface area (TPSA) is 30.5 Å². The Hall–Kier alpha value is -1.48. The van der Waals surface area contributed by atoms with E-state index in [0.29, 0.717) is 0 Å². The number of rotatable bonds is 6. The number of hydrogen-bond donors (Lipinski definition) is 1. The van der Waals surface area contributed by atoms with Crippen molar-refractivity contribution >= 4 is 6.08 Å². The quantitative estimate of drug-likeness (QED) is 0.822. The lowest BCUT2D eigenvalue weighted by Gasteiger charge is -2.16. The van der Waals surface area contributed by atoms with Crippen LogP contribution in [0.15, 0.2) is 24.3 Å². The molecule has 0 aliphatic carbocycles. The first-order chi connectivity index (χ1) is 8.21. The molecule has 0 bridgehead atoms. The van der Waals surface area contributed by atoms with Crippen LogP contribution in [0, 0.1) is 0 Å². The van der Waals surface area contributed by atoms with E-state index in [0.717, 1.165) is 23.6 Å². The summed E-state index contributed by atoms with van der Waals surface area (Å²) in [5.74, 6) is 1.55. The Balaban J connectivity index is 2.84. The molecule has 3 heteroatoms. The van der Waals surface area contributed by atoms with Crippen LogP contribution < -0.4 is 14.8 Å². The number of ether oxygens (including phenoxy) is 2. The van der Waals surface area contributed by atoms with E-state index in [9.17, 15) is 0 Å². The van der Waals surface area contributed by atoms with E-state index in [1.54, 1.807) is 7.11 Å². The molecule has 0 aromatic heterocycles. The van der Waals surface area contributed by atoms with Crippen LogP contribution >= 0.6 is 0 Å². The zero-order valence-corrected chi connectivity index (χ0v) is 11.0. The molecule has 94 valence electrons. The van der Waals surface area contributed by atoms with E-state index in [1.807, 2.05) is 51.2 Å². The van der Waals surface area contributed by atoms with Gasteiger partial charge in [0.05, 0.1) is 7.11 Å². The summed E-state index contributed by atoms with van der Waals surface area (Å²) < 4.78 is 11.1. The second-order valence-corrected chi connectivity index (χ2v) is 3.90. The van der Waals surface area contributed by atoms with Gasteiger partial charge in [0.2, 0.25) is 0 Å². The van der Waals surface area contributed by atoms with E-state index in [1.165, 1.54) is 0 Å². The third-order valence-corrected chi connectivity index (χ3v) is 2.37. The lowest BCUT2D eigenvalue weighted by molar-refractivity contribution is 0.210. The molecule has 0 radical (unpaired) electrons. The van der Waals surface area contributed by atoms with Crippen molar-refractivity contribution in [3.8, 4) is 11.5 Å². The smallest absolute Gasteiger partial charge is 0.161 e. The van der Waals surface area contributed by atoms with Gasteiger partial charge >= 0.3 is 0 Å². The molecule has 0 amide bonds. The summed E-state index contributed by atoms with van der Waals surface area (Å²) in [5.41, 5.74) is 1.11. The monoisotopic (exact) mass is 235 g/mol. The summed E-state index contributed by atoms with van der Waals surface area (Å²) in [6.45, 7) is 4.82. The van der Waals surface area contributed by atoms with Gasteiger partial charge in [-0.2, -0.15) is 0 Å². The van der Waals surface area contributed by atoms with Gasteiger partial charge in [-0.15, -0.1) is 0 Å². The highest BCUT2D eigenvalue weighted by Crippen LogP contribution is 2.29. The molecule has 17 heavy (non-hydrogen) atoms. The molecule has 1 aromatic carbocycles. The average molecular weight is 235 g/mol. The summed E-state index contributed by atoms with van der Waals surface area (Å²) in [5, 5.41) is 3.08. The molecule has 0 saturated carbocycles. The van der Waals surface area contributed by atoms with Gasteiger partial charge in [0.15, 0.2) is 11.5 Å². The zero-order valence-electron chi connectivity index (χ0n) is 11.0. The summed E-state index contributed by atoms with van der Waals surface area (Å²) in [6.07, 6.45) is 4.14. The van der Waals surface area contributed by atoms with E-state index in [-0.39, 0.29) is 6.10 Å². The second kappa shape index (κ2) is 6.97. The molecule has 0 saturated heterocycles. The summed E-state index contributed by atoms with van der Waals surface area (Å²) in [7, 11) is 3.57. The summed E-state index contributed by atoms with van der Waals surface area (Å²) in [6, 6.07) is 5.94. The largest absolute Gasteiger partial charge is 0.493 e. The maximum absolute atomic E-state index is 5.80. The zero-order chi connectivity index (χ0) is 12.7. The first-order valence-electron chi connectivity index (χ1n) is 5.83. The van der Waals surface area contributed by atoms with Crippen LogP contribution in [0.25, 0.3) is 6.08 Å². The molecular formula is C14H21NO2. The Labute approximate surface area is 103 Å². The minimum atomic E-state index is 0.112. The predicted molar refractivity (Wildman–Crippen MR) is 71.7 cm³/mol. The van der Waals surface area contributed by atoms with Crippen molar-refractivity contribution in [1.82, 2.24) is 5.32 Å². The van der Waals surface area contributed by atoms with Crippen LogP contribution in [0.3, 0.4) is 0 Å². The van der Waals surface area contributed by atoms with Crippen molar-refractivity contribution in [1.29, 1.82) is 0 Å². The van der Waals surface area contributed by atoms with Crippen LogP contribution in [-0.4, -0.2) is 26.8 Å². The molecular weight excluding hydrogens is 214 g/mol.